The number of nitrogens with one attached hydrogen (secondary N) is 2. The van der Waals surface area contributed by atoms with Crippen LogP contribution in [-0.2, 0) is 14.8 Å². The SMILES string of the molecule is C[C@@H]1CN(S(=O)(=O)c2ccc(C(=O)NNC(=O)c3cc(=O)c4ccccc4o3)cc2)C[C@H](C)O1. The van der Waals surface area contributed by atoms with E-state index in [-0.39, 0.29) is 52.5 Å². The van der Waals surface area contributed by atoms with Crippen LogP contribution in [0.25, 0.3) is 11.0 Å². The Balaban J connectivity index is 1.42. The van der Waals surface area contributed by atoms with E-state index in [4.69, 9.17) is 9.15 Å². The van der Waals surface area contributed by atoms with Gasteiger partial charge in [-0.25, -0.2) is 8.42 Å². The minimum Gasteiger partial charge on any atom is -0.451 e. The Kier molecular flexibility index (Phi) is 6.51. The number of sulfonamides is 1. The molecule has 3 aromatic rings. The van der Waals surface area contributed by atoms with Crippen LogP contribution in [0.5, 0.6) is 0 Å². The maximum atomic E-state index is 12.9. The first kappa shape index (κ1) is 23.6. The van der Waals surface area contributed by atoms with E-state index in [1.54, 1.807) is 24.3 Å². The summed E-state index contributed by atoms with van der Waals surface area (Å²) in [5.41, 5.74) is 4.39. The summed E-state index contributed by atoms with van der Waals surface area (Å²) < 4.78 is 38.2. The molecule has 2 atom stereocenters. The Morgan fingerprint density at radius 3 is 2.24 bits per heavy atom. The highest BCUT2D eigenvalue weighted by Gasteiger charge is 2.32. The lowest BCUT2D eigenvalue weighted by Crippen LogP contribution is -2.48. The minimum absolute atomic E-state index is 0.0484. The number of carbonyl (C=O) groups excluding carboxylic acids is 2. The molecular weight excluding hydrogens is 462 g/mol. The number of nitrogens with zero attached hydrogens (tertiary/aromatic N) is 1. The molecule has 1 aliphatic rings. The second kappa shape index (κ2) is 9.37. The van der Waals surface area contributed by atoms with Crippen LogP contribution in [0.3, 0.4) is 0 Å². The molecule has 0 bridgehead atoms. The van der Waals surface area contributed by atoms with Crippen LogP contribution in [0.15, 0.2) is 68.7 Å². The van der Waals surface area contributed by atoms with Gasteiger partial charge in [0.05, 0.1) is 22.5 Å². The Labute approximate surface area is 195 Å². The zero-order valence-electron chi connectivity index (χ0n) is 18.5. The molecule has 2 N–H and O–H groups in total. The summed E-state index contributed by atoms with van der Waals surface area (Å²) in [5.74, 6) is -1.75. The number of fused-ring (bicyclic) bond motifs is 1. The van der Waals surface area contributed by atoms with E-state index in [2.05, 4.69) is 10.9 Å². The average Bonchev–Trinajstić information content (AvgIpc) is 2.81. The van der Waals surface area contributed by atoms with Crippen molar-refractivity contribution in [3.05, 3.63) is 76.1 Å². The summed E-state index contributed by atoms with van der Waals surface area (Å²) in [6, 6.07) is 12.9. The van der Waals surface area contributed by atoms with Crippen LogP contribution < -0.4 is 16.3 Å². The van der Waals surface area contributed by atoms with Crippen molar-refractivity contribution < 1.29 is 27.2 Å². The van der Waals surface area contributed by atoms with Gasteiger partial charge in [-0.05, 0) is 50.2 Å². The van der Waals surface area contributed by atoms with E-state index >= 15 is 0 Å². The highest BCUT2D eigenvalue weighted by Crippen LogP contribution is 2.21. The van der Waals surface area contributed by atoms with E-state index < -0.39 is 21.8 Å². The van der Waals surface area contributed by atoms with Crippen LogP contribution in [-0.4, -0.2) is 49.8 Å². The Morgan fingerprint density at radius 1 is 0.941 bits per heavy atom. The number of amides is 2. The van der Waals surface area contributed by atoms with E-state index in [0.29, 0.717) is 5.39 Å². The number of para-hydroxylation sites is 1. The number of carbonyl (C=O) groups is 2. The molecule has 4 rings (SSSR count). The van der Waals surface area contributed by atoms with Crippen molar-refractivity contribution in [1.82, 2.24) is 15.2 Å². The summed E-state index contributed by atoms with van der Waals surface area (Å²) in [5, 5.41) is 0.333. The molecule has 0 spiro atoms. The molecule has 178 valence electrons. The van der Waals surface area contributed by atoms with Gasteiger partial charge in [0, 0.05) is 24.7 Å². The normalized spacial score (nSPS) is 19.0. The number of ether oxygens (including phenoxy) is 1. The molecule has 34 heavy (non-hydrogen) atoms. The van der Waals surface area contributed by atoms with Crippen molar-refractivity contribution in [2.45, 2.75) is 31.0 Å². The van der Waals surface area contributed by atoms with Gasteiger partial charge in [0.25, 0.3) is 5.91 Å². The third kappa shape index (κ3) is 4.86. The topological polar surface area (TPSA) is 135 Å². The Morgan fingerprint density at radius 2 is 1.56 bits per heavy atom. The van der Waals surface area contributed by atoms with Gasteiger partial charge in [0.1, 0.15) is 5.58 Å². The minimum atomic E-state index is -3.74. The molecule has 2 aromatic carbocycles. The molecule has 0 unspecified atom stereocenters. The standard InChI is InChI=1S/C23H23N3O7S/c1-14-12-26(13-15(2)32-14)34(30,31)17-9-7-16(8-10-17)22(28)24-25-23(29)21-11-19(27)18-5-3-4-6-20(18)33-21/h3-11,14-15H,12-13H2,1-2H3,(H,24,28)(H,25,29)/t14-,15+. The highest BCUT2D eigenvalue weighted by atomic mass is 32.2. The fourth-order valence-electron chi connectivity index (χ4n) is 3.72. The molecule has 1 aliphatic heterocycles. The Bertz CT molecular complexity index is 1390. The lowest BCUT2D eigenvalue weighted by Gasteiger charge is -2.34. The molecule has 2 heterocycles. The summed E-state index contributed by atoms with van der Waals surface area (Å²) >= 11 is 0. The predicted octanol–water partition coefficient (Wildman–Crippen LogP) is 1.67. The summed E-state index contributed by atoms with van der Waals surface area (Å²) in [4.78, 5) is 36.9. The molecule has 0 aliphatic carbocycles. The number of hydrazine groups is 1. The molecule has 1 saturated heterocycles. The largest absolute Gasteiger partial charge is 0.451 e. The number of morpholine rings is 1. The number of benzene rings is 2. The lowest BCUT2D eigenvalue weighted by atomic mass is 10.2. The fraction of sp³-hybridized carbons (Fsp3) is 0.261. The Hall–Kier alpha value is -3.54. The first-order valence-corrected chi connectivity index (χ1v) is 12.0. The van der Waals surface area contributed by atoms with Crippen LogP contribution in [0.2, 0.25) is 0 Å². The molecule has 1 aromatic heterocycles. The van der Waals surface area contributed by atoms with Crippen molar-refractivity contribution in [1.29, 1.82) is 0 Å². The highest BCUT2D eigenvalue weighted by molar-refractivity contribution is 7.89. The van der Waals surface area contributed by atoms with Crippen molar-refractivity contribution in [2.75, 3.05) is 13.1 Å². The third-order valence-electron chi connectivity index (χ3n) is 5.29. The predicted molar refractivity (Wildman–Crippen MR) is 123 cm³/mol. The van der Waals surface area contributed by atoms with Crippen LogP contribution >= 0.6 is 0 Å². The first-order valence-electron chi connectivity index (χ1n) is 10.5. The number of hydrogen-bond donors (Lipinski definition) is 2. The van der Waals surface area contributed by atoms with E-state index in [1.165, 1.54) is 28.6 Å². The van der Waals surface area contributed by atoms with Crippen molar-refractivity contribution in [3.8, 4) is 0 Å². The van der Waals surface area contributed by atoms with Gasteiger partial charge in [0.2, 0.25) is 10.0 Å². The van der Waals surface area contributed by atoms with Crippen molar-refractivity contribution in [3.63, 3.8) is 0 Å². The molecule has 0 saturated carbocycles. The second-order valence-electron chi connectivity index (χ2n) is 7.98. The van der Waals surface area contributed by atoms with Gasteiger partial charge in [0.15, 0.2) is 11.2 Å². The zero-order chi connectivity index (χ0) is 24.5. The van der Waals surface area contributed by atoms with E-state index in [0.717, 1.165) is 6.07 Å². The van der Waals surface area contributed by atoms with Gasteiger partial charge in [-0.1, -0.05) is 12.1 Å². The smallest absolute Gasteiger partial charge is 0.305 e. The number of hydrogen-bond acceptors (Lipinski definition) is 7. The van der Waals surface area contributed by atoms with Crippen LogP contribution in [0.4, 0.5) is 0 Å². The number of rotatable bonds is 4. The van der Waals surface area contributed by atoms with Crippen molar-refractivity contribution >= 4 is 32.8 Å². The summed E-state index contributed by atoms with van der Waals surface area (Å²) in [7, 11) is -3.74. The quantitative estimate of drug-likeness (QED) is 0.537. The summed E-state index contributed by atoms with van der Waals surface area (Å²) in [6.45, 7) is 4.10. The van der Waals surface area contributed by atoms with E-state index in [9.17, 15) is 22.8 Å². The zero-order valence-corrected chi connectivity index (χ0v) is 19.3. The molecular formula is C23H23N3O7S. The van der Waals surface area contributed by atoms with Gasteiger partial charge < -0.3 is 9.15 Å². The second-order valence-corrected chi connectivity index (χ2v) is 9.92. The van der Waals surface area contributed by atoms with Gasteiger partial charge in [-0.3, -0.25) is 25.2 Å². The average molecular weight is 486 g/mol. The van der Waals surface area contributed by atoms with Gasteiger partial charge >= 0.3 is 5.91 Å². The van der Waals surface area contributed by atoms with Crippen molar-refractivity contribution in [2.24, 2.45) is 0 Å². The molecule has 11 heteroatoms. The van der Waals surface area contributed by atoms with Crippen LogP contribution in [0.1, 0.15) is 34.8 Å². The molecule has 2 amide bonds. The maximum Gasteiger partial charge on any atom is 0.305 e. The first-order chi connectivity index (χ1) is 16.1. The summed E-state index contributed by atoms with van der Waals surface area (Å²) in [6.07, 6.45) is -0.446. The molecule has 1 fully saturated rings. The van der Waals surface area contributed by atoms with Gasteiger partial charge in [-0.15, -0.1) is 0 Å². The molecule has 10 nitrogen and oxygen atoms in total. The lowest BCUT2D eigenvalue weighted by molar-refractivity contribution is -0.0440. The third-order valence-corrected chi connectivity index (χ3v) is 7.13. The monoisotopic (exact) mass is 485 g/mol. The van der Waals surface area contributed by atoms with Gasteiger partial charge in [-0.2, -0.15) is 4.31 Å². The fourth-order valence-corrected chi connectivity index (χ4v) is 5.31. The van der Waals surface area contributed by atoms with E-state index in [1.807, 2.05) is 13.8 Å². The maximum absolute atomic E-state index is 12.9. The van der Waals surface area contributed by atoms with Crippen LogP contribution in [0, 0.1) is 0 Å². The molecule has 0 radical (unpaired) electrons.